The number of nitrogens with one attached hydrogen (secondary N) is 4. The van der Waals surface area contributed by atoms with Gasteiger partial charge in [-0.25, -0.2) is 14.6 Å². The predicted octanol–water partition coefficient (Wildman–Crippen LogP) is 5.83. The van der Waals surface area contributed by atoms with E-state index < -0.39 is 18.3 Å². The van der Waals surface area contributed by atoms with E-state index in [1.165, 1.54) is 11.3 Å². The number of thiazole rings is 2. The number of alkyl carbamates (subject to hydrolysis) is 1. The maximum absolute atomic E-state index is 14.2. The summed E-state index contributed by atoms with van der Waals surface area (Å²) in [6, 6.07) is 18.2. The summed E-state index contributed by atoms with van der Waals surface area (Å²) in [5, 5.41) is 15.7. The molecule has 4 N–H and O–H groups in total. The smallest absolute Gasteiger partial charge is 0.407 e. The maximum Gasteiger partial charge on any atom is 0.407 e. The van der Waals surface area contributed by atoms with Crippen molar-refractivity contribution in [1.82, 2.24) is 35.7 Å². The molecule has 4 aromatic rings. The van der Waals surface area contributed by atoms with Gasteiger partial charge in [0.15, 0.2) is 0 Å². The molecule has 3 heterocycles. The first kappa shape index (κ1) is 40.6. The molecule has 15 heteroatoms. The Morgan fingerprint density at radius 1 is 0.944 bits per heavy atom. The lowest BCUT2D eigenvalue weighted by molar-refractivity contribution is -0.123. The zero-order valence-electron chi connectivity index (χ0n) is 31.2. The molecule has 4 amide bonds. The Labute approximate surface area is 325 Å². The minimum Gasteiger partial charge on any atom is -0.444 e. The highest BCUT2D eigenvalue weighted by molar-refractivity contribution is 7.09. The Hall–Kier alpha value is -4.57. The lowest BCUT2D eigenvalue weighted by Crippen LogP contribution is -2.54. The summed E-state index contributed by atoms with van der Waals surface area (Å²) in [5.74, 6) is 0.00622. The third-order valence-electron chi connectivity index (χ3n) is 8.97. The van der Waals surface area contributed by atoms with E-state index >= 15 is 0 Å². The fourth-order valence-electron chi connectivity index (χ4n) is 5.98. The standard InChI is InChI=1S/C39H52N8O5S2/c1-28(2)37-42-32(26-53-37)24-46(3)38(49)44-34(16-17-47-18-20-51-21-19-47)36(48)45-35(41-30-12-8-5-9-13-30)15-14-31(22-29-10-6-4-7-11-29)43-39(50)52-25-33-23-40-27-54-33/h4-13,23,26-28,31,34-35,41H,14-22,24-25H2,1-3H3,(H,43,50)(H,44,49)(H,45,48)/t31-,34+,35-/m1/s1. The molecule has 2 aromatic heterocycles. The number of anilines is 1. The molecular weight excluding hydrogens is 725 g/mol. The highest BCUT2D eigenvalue weighted by Gasteiger charge is 2.27. The van der Waals surface area contributed by atoms with Crippen molar-refractivity contribution in [1.29, 1.82) is 0 Å². The Bertz CT molecular complexity index is 1700. The van der Waals surface area contributed by atoms with E-state index in [0.717, 1.165) is 39.9 Å². The largest absolute Gasteiger partial charge is 0.444 e. The summed E-state index contributed by atoms with van der Waals surface area (Å²) in [7, 11) is 1.71. The summed E-state index contributed by atoms with van der Waals surface area (Å²) in [4.78, 5) is 54.1. The summed E-state index contributed by atoms with van der Waals surface area (Å²) >= 11 is 3.01. The molecule has 13 nitrogen and oxygen atoms in total. The second-order valence-electron chi connectivity index (χ2n) is 13.7. The molecule has 1 fully saturated rings. The van der Waals surface area contributed by atoms with Crippen molar-refractivity contribution in [2.24, 2.45) is 0 Å². The minimum absolute atomic E-state index is 0.137. The van der Waals surface area contributed by atoms with E-state index in [-0.39, 0.29) is 24.6 Å². The molecular formula is C39H52N8O5S2. The highest BCUT2D eigenvalue weighted by atomic mass is 32.1. The van der Waals surface area contributed by atoms with Crippen LogP contribution >= 0.6 is 22.7 Å². The second-order valence-corrected chi connectivity index (χ2v) is 15.5. The van der Waals surface area contributed by atoms with Gasteiger partial charge in [0.25, 0.3) is 0 Å². The Morgan fingerprint density at radius 3 is 2.37 bits per heavy atom. The normalized spacial score (nSPS) is 14.8. The van der Waals surface area contributed by atoms with Gasteiger partial charge in [-0.2, -0.15) is 0 Å². The van der Waals surface area contributed by atoms with Crippen LogP contribution in [0.1, 0.15) is 60.2 Å². The molecule has 0 saturated carbocycles. The summed E-state index contributed by atoms with van der Waals surface area (Å²) in [6.07, 6.45) is 2.63. The van der Waals surface area contributed by atoms with Gasteiger partial charge in [-0.1, -0.05) is 62.4 Å². The van der Waals surface area contributed by atoms with Crippen LogP contribution in [0.25, 0.3) is 0 Å². The molecule has 0 radical (unpaired) electrons. The van der Waals surface area contributed by atoms with Gasteiger partial charge in [-0.05, 0) is 43.4 Å². The van der Waals surface area contributed by atoms with E-state index in [0.29, 0.717) is 57.9 Å². The number of morpholine rings is 1. The monoisotopic (exact) mass is 776 g/mol. The lowest BCUT2D eigenvalue weighted by Gasteiger charge is -2.30. The number of rotatable bonds is 19. The average Bonchev–Trinajstić information content (AvgIpc) is 3.89. The van der Waals surface area contributed by atoms with Gasteiger partial charge in [-0.15, -0.1) is 22.7 Å². The van der Waals surface area contributed by atoms with Crippen molar-refractivity contribution < 1.29 is 23.9 Å². The average molecular weight is 777 g/mol. The van der Waals surface area contributed by atoms with Gasteiger partial charge in [-0.3, -0.25) is 14.7 Å². The van der Waals surface area contributed by atoms with Gasteiger partial charge in [0.1, 0.15) is 12.6 Å². The van der Waals surface area contributed by atoms with E-state index in [1.807, 2.05) is 66.0 Å². The first-order chi connectivity index (χ1) is 26.2. The Kier molecular flexibility index (Phi) is 16.1. The van der Waals surface area contributed by atoms with Crippen LogP contribution in [0.3, 0.4) is 0 Å². The van der Waals surface area contributed by atoms with Gasteiger partial charge in [0, 0.05) is 55.9 Å². The van der Waals surface area contributed by atoms with Crippen molar-refractivity contribution in [2.75, 3.05) is 45.2 Å². The molecule has 2 aromatic carbocycles. The Morgan fingerprint density at radius 2 is 1.69 bits per heavy atom. The van der Waals surface area contributed by atoms with Crippen LogP contribution < -0.4 is 21.3 Å². The Balaban J connectivity index is 1.28. The SMILES string of the molecule is CC(C)c1nc(CN(C)C(=O)N[C@@H](CCN2CCOCC2)C(=O)N[C@H](CC[C@H](Cc2ccccc2)NC(=O)OCc2cncs2)Nc2ccccc2)cs1. The number of ether oxygens (including phenoxy) is 2. The van der Waals surface area contributed by atoms with Crippen LogP contribution in [0.2, 0.25) is 0 Å². The van der Waals surface area contributed by atoms with E-state index in [1.54, 1.807) is 35.0 Å². The summed E-state index contributed by atoms with van der Waals surface area (Å²) in [6.45, 7) is 8.09. The minimum atomic E-state index is -0.801. The van der Waals surface area contributed by atoms with Gasteiger partial charge in [0.2, 0.25) is 5.91 Å². The van der Waals surface area contributed by atoms with Gasteiger partial charge < -0.3 is 35.6 Å². The zero-order chi connectivity index (χ0) is 38.1. The number of benzene rings is 2. The van der Waals surface area contributed by atoms with Crippen LogP contribution in [-0.2, 0) is 33.8 Å². The molecule has 1 aliphatic rings. The molecule has 0 aliphatic carbocycles. The van der Waals surface area contributed by atoms with Gasteiger partial charge >= 0.3 is 12.1 Å². The molecule has 1 aliphatic heterocycles. The van der Waals surface area contributed by atoms with Crippen LogP contribution in [0.5, 0.6) is 0 Å². The predicted molar refractivity (Wildman–Crippen MR) is 212 cm³/mol. The second kappa shape index (κ2) is 21.4. The lowest BCUT2D eigenvalue weighted by atomic mass is 10.0. The third kappa shape index (κ3) is 13.7. The molecule has 5 rings (SSSR count). The van der Waals surface area contributed by atoms with Crippen LogP contribution in [0, 0.1) is 0 Å². The van der Waals surface area contributed by atoms with Crippen molar-refractivity contribution in [3.05, 3.63) is 98.9 Å². The molecule has 3 atom stereocenters. The quantitative estimate of drug-likeness (QED) is 0.0864. The summed E-state index contributed by atoms with van der Waals surface area (Å²) < 4.78 is 11.0. The van der Waals surface area contributed by atoms with Crippen LogP contribution in [0.4, 0.5) is 15.3 Å². The first-order valence-corrected chi connectivity index (χ1v) is 20.2. The maximum atomic E-state index is 14.2. The molecule has 0 spiro atoms. The molecule has 54 heavy (non-hydrogen) atoms. The number of carbonyl (C=O) groups is 3. The number of aromatic nitrogens is 2. The number of nitrogens with zero attached hydrogens (tertiary/aromatic N) is 4. The number of urea groups is 1. The number of amides is 4. The first-order valence-electron chi connectivity index (χ1n) is 18.4. The van der Waals surface area contributed by atoms with E-state index in [4.69, 9.17) is 9.47 Å². The van der Waals surface area contributed by atoms with Crippen molar-refractivity contribution in [3.8, 4) is 0 Å². The number of hydrogen-bond donors (Lipinski definition) is 4. The fraction of sp³-hybridized carbons (Fsp3) is 0.462. The van der Waals surface area contributed by atoms with Crippen LogP contribution in [0.15, 0.2) is 77.8 Å². The zero-order valence-corrected chi connectivity index (χ0v) is 32.9. The van der Waals surface area contributed by atoms with Crippen LogP contribution in [-0.4, -0.2) is 95.9 Å². The highest BCUT2D eigenvalue weighted by Crippen LogP contribution is 2.20. The molecule has 0 bridgehead atoms. The number of carbonyl (C=O) groups excluding carboxylic acids is 3. The van der Waals surface area contributed by atoms with E-state index in [9.17, 15) is 14.4 Å². The fourth-order valence-corrected chi connectivity index (χ4v) is 7.31. The topological polar surface area (TPSA) is 150 Å². The summed E-state index contributed by atoms with van der Waals surface area (Å²) in [5.41, 5.74) is 4.41. The number of para-hydroxylation sites is 1. The van der Waals surface area contributed by atoms with Gasteiger partial charge in [0.05, 0.1) is 47.0 Å². The molecule has 1 saturated heterocycles. The van der Waals surface area contributed by atoms with Crippen molar-refractivity contribution in [2.45, 2.75) is 76.8 Å². The van der Waals surface area contributed by atoms with Crippen molar-refractivity contribution >= 4 is 46.4 Å². The molecule has 0 unspecified atom stereocenters. The third-order valence-corrected chi connectivity index (χ3v) is 10.9. The van der Waals surface area contributed by atoms with Crippen molar-refractivity contribution in [3.63, 3.8) is 0 Å². The number of hydrogen-bond acceptors (Lipinski definition) is 11. The van der Waals surface area contributed by atoms with E-state index in [2.05, 4.69) is 50.0 Å². The molecule has 290 valence electrons.